The Morgan fingerprint density at radius 2 is 1.63 bits per heavy atom. The highest BCUT2D eigenvalue weighted by Gasteiger charge is 2.37. The van der Waals surface area contributed by atoms with Gasteiger partial charge in [-0.3, -0.25) is 9.59 Å². The molecule has 184 valence electrons. The molecule has 1 saturated heterocycles. The summed E-state index contributed by atoms with van der Waals surface area (Å²) in [6.07, 6.45) is 3.91. The first-order valence-electron chi connectivity index (χ1n) is 12.0. The summed E-state index contributed by atoms with van der Waals surface area (Å²) in [6.45, 7) is -1.45. The summed E-state index contributed by atoms with van der Waals surface area (Å²) in [5, 5.41) is 1.04. The number of benzene rings is 2. The van der Waals surface area contributed by atoms with Crippen LogP contribution in [0.15, 0.2) is 48.5 Å². The molecule has 2 fully saturated rings. The van der Waals surface area contributed by atoms with Crippen molar-refractivity contribution >= 4 is 33.4 Å². The molecule has 2 heterocycles. The van der Waals surface area contributed by atoms with E-state index in [1.807, 2.05) is 23.1 Å². The molecular weight excluding hydrogens is 472 g/mol. The zero-order chi connectivity index (χ0) is 24.4. The Bertz CT molecular complexity index is 1180. The Hall–Kier alpha value is -3.07. The van der Waals surface area contributed by atoms with E-state index in [1.54, 1.807) is 28.4 Å². The molecule has 0 N–H and O–H groups in total. The molecule has 2 amide bonds. The van der Waals surface area contributed by atoms with Crippen LogP contribution in [0.3, 0.4) is 0 Å². The fourth-order valence-electron chi connectivity index (χ4n) is 5.15. The van der Waals surface area contributed by atoms with Crippen LogP contribution in [0.25, 0.3) is 10.2 Å². The van der Waals surface area contributed by atoms with Gasteiger partial charge in [-0.2, -0.15) is 8.78 Å². The van der Waals surface area contributed by atoms with Crippen molar-refractivity contribution in [2.45, 2.75) is 38.2 Å². The van der Waals surface area contributed by atoms with E-state index < -0.39 is 6.61 Å². The first-order chi connectivity index (χ1) is 17.0. The van der Waals surface area contributed by atoms with Gasteiger partial charge in [0.25, 0.3) is 5.91 Å². The van der Waals surface area contributed by atoms with Crippen molar-refractivity contribution in [3.8, 4) is 5.75 Å². The minimum absolute atomic E-state index is 0.105. The van der Waals surface area contributed by atoms with Crippen LogP contribution in [0.4, 0.5) is 8.78 Å². The van der Waals surface area contributed by atoms with E-state index >= 15 is 0 Å². The Labute approximate surface area is 206 Å². The van der Waals surface area contributed by atoms with Crippen molar-refractivity contribution in [1.82, 2.24) is 14.8 Å². The molecule has 9 heteroatoms. The summed E-state index contributed by atoms with van der Waals surface area (Å²) in [4.78, 5) is 34.9. The number of amides is 2. The van der Waals surface area contributed by atoms with Gasteiger partial charge in [0.05, 0.1) is 20.8 Å². The second-order valence-corrected chi connectivity index (χ2v) is 10.1. The number of fused-ring (bicyclic) bond motifs is 1. The van der Waals surface area contributed by atoms with Gasteiger partial charge in [0.15, 0.2) is 0 Å². The second-order valence-electron chi connectivity index (χ2n) is 9.01. The molecule has 1 saturated carbocycles. The average Bonchev–Trinajstić information content (AvgIpc) is 3.32. The molecule has 3 aromatic rings. The smallest absolute Gasteiger partial charge is 0.387 e. The van der Waals surface area contributed by atoms with Gasteiger partial charge in [0.1, 0.15) is 5.75 Å². The van der Waals surface area contributed by atoms with Crippen LogP contribution in [0.2, 0.25) is 0 Å². The predicted octanol–water partition coefficient (Wildman–Crippen LogP) is 5.16. The van der Waals surface area contributed by atoms with E-state index in [1.165, 1.54) is 12.1 Å². The number of nitrogens with zero attached hydrogens (tertiary/aromatic N) is 3. The third-order valence-electron chi connectivity index (χ3n) is 6.92. The predicted molar refractivity (Wildman–Crippen MR) is 130 cm³/mol. The number of aromatic nitrogens is 1. The molecule has 2 atom stereocenters. The minimum Gasteiger partial charge on any atom is -0.434 e. The Kier molecular flexibility index (Phi) is 6.95. The van der Waals surface area contributed by atoms with Crippen LogP contribution in [0, 0.1) is 5.92 Å². The molecule has 6 nitrogen and oxygen atoms in total. The van der Waals surface area contributed by atoms with E-state index in [-0.39, 0.29) is 35.0 Å². The zero-order valence-corrected chi connectivity index (χ0v) is 20.1. The largest absolute Gasteiger partial charge is 0.434 e. The van der Waals surface area contributed by atoms with Crippen LogP contribution in [-0.4, -0.2) is 59.4 Å². The first-order valence-corrected chi connectivity index (χ1v) is 12.8. The molecule has 2 aromatic carbocycles. The third-order valence-corrected chi connectivity index (χ3v) is 8.09. The normalized spacial score (nSPS) is 20.9. The van der Waals surface area contributed by atoms with Gasteiger partial charge in [0, 0.05) is 38.0 Å². The molecule has 1 aliphatic heterocycles. The quantitative estimate of drug-likeness (QED) is 0.487. The number of piperazine rings is 1. The molecular formula is C26H27F2N3O3S. The summed E-state index contributed by atoms with van der Waals surface area (Å²) < 4.78 is 31.1. The van der Waals surface area contributed by atoms with Gasteiger partial charge in [-0.25, -0.2) is 4.98 Å². The number of alkyl halides is 2. The van der Waals surface area contributed by atoms with Gasteiger partial charge in [-0.05, 0) is 37.1 Å². The highest BCUT2D eigenvalue weighted by atomic mass is 32.1. The molecule has 2 aliphatic rings. The lowest BCUT2D eigenvalue weighted by atomic mass is 9.78. The van der Waals surface area contributed by atoms with Crippen LogP contribution >= 0.6 is 11.3 Å². The topological polar surface area (TPSA) is 62.7 Å². The van der Waals surface area contributed by atoms with Crippen molar-refractivity contribution in [2.75, 3.05) is 26.2 Å². The second kappa shape index (κ2) is 10.3. The van der Waals surface area contributed by atoms with Crippen molar-refractivity contribution < 1.29 is 23.1 Å². The number of para-hydroxylation sites is 2. The summed E-state index contributed by atoms with van der Waals surface area (Å²) in [7, 11) is 0. The average molecular weight is 500 g/mol. The number of carbonyl (C=O) groups is 2. The standard InChI is InChI=1S/C26H27F2N3O3S/c27-26(28)34-21-11-5-3-9-19(21)25(33)31-15-13-30(14-16-31)24(32)18-8-2-1-7-17(18)23-29-20-10-4-6-12-22(20)35-23/h3-6,9-12,17-18,26H,1-2,7-8,13-16H2/t17-,18-/m1/s1. The highest BCUT2D eigenvalue weighted by molar-refractivity contribution is 7.18. The third kappa shape index (κ3) is 5.00. The SMILES string of the molecule is O=C(c1ccccc1OC(F)F)N1CCN(C(=O)[C@@H]2CCCC[C@H]2c2nc3ccccc3s2)CC1. The lowest BCUT2D eigenvalue weighted by Crippen LogP contribution is -2.52. The fraction of sp³-hybridized carbons (Fsp3) is 0.423. The first kappa shape index (κ1) is 23.7. The highest BCUT2D eigenvalue weighted by Crippen LogP contribution is 2.41. The molecule has 0 radical (unpaired) electrons. The van der Waals surface area contributed by atoms with Gasteiger partial charge >= 0.3 is 6.61 Å². The molecule has 35 heavy (non-hydrogen) atoms. The Morgan fingerprint density at radius 1 is 0.943 bits per heavy atom. The van der Waals surface area contributed by atoms with Crippen molar-refractivity contribution in [2.24, 2.45) is 5.92 Å². The minimum atomic E-state index is -3.00. The molecule has 0 spiro atoms. The number of halogens is 2. The van der Waals surface area contributed by atoms with Crippen LogP contribution in [0.1, 0.15) is 47.0 Å². The van der Waals surface area contributed by atoms with E-state index in [4.69, 9.17) is 4.98 Å². The van der Waals surface area contributed by atoms with Gasteiger partial charge < -0.3 is 14.5 Å². The Balaban J connectivity index is 1.26. The van der Waals surface area contributed by atoms with Gasteiger partial charge in [-0.1, -0.05) is 37.1 Å². The van der Waals surface area contributed by atoms with Crippen LogP contribution < -0.4 is 4.74 Å². The van der Waals surface area contributed by atoms with Crippen molar-refractivity contribution in [3.63, 3.8) is 0 Å². The number of ether oxygens (including phenoxy) is 1. The molecule has 1 aliphatic carbocycles. The molecule has 0 unspecified atom stereocenters. The maximum Gasteiger partial charge on any atom is 0.387 e. The molecule has 0 bridgehead atoms. The van der Waals surface area contributed by atoms with Crippen LogP contribution in [0.5, 0.6) is 5.75 Å². The van der Waals surface area contributed by atoms with E-state index in [9.17, 15) is 18.4 Å². The zero-order valence-electron chi connectivity index (χ0n) is 19.2. The molecule has 1 aromatic heterocycles. The fourth-order valence-corrected chi connectivity index (χ4v) is 6.32. The lowest BCUT2D eigenvalue weighted by Gasteiger charge is -2.39. The van der Waals surface area contributed by atoms with Gasteiger partial charge in [0.2, 0.25) is 5.91 Å². The maximum atomic E-state index is 13.6. The summed E-state index contributed by atoms with van der Waals surface area (Å²) in [5.74, 6) is -0.355. The summed E-state index contributed by atoms with van der Waals surface area (Å²) >= 11 is 1.68. The monoisotopic (exact) mass is 499 g/mol. The number of carbonyl (C=O) groups excluding carboxylic acids is 2. The lowest BCUT2D eigenvalue weighted by molar-refractivity contribution is -0.138. The van der Waals surface area contributed by atoms with E-state index in [0.717, 1.165) is 40.9 Å². The van der Waals surface area contributed by atoms with Crippen molar-refractivity contribution in [3.05, 3.63) is 59.1 Å². The van der Waals surface area contributed by atoms with E-state index in [0.29, 0.717) is 26.2 Å². The van der Waals surface area contributed by atoms with Crippen LogP contribution in [-0.2, 0) is 4.79 Å². The Morgan fingerprint density at radius 3 is 2.40 bits per heavy atom. The number of hydrogen-bond donors (Lipinski definition) is 0. The number of hydrogen-bond acceptors (Lipinski definition) is 5. The summed E-state index contributed by atoms with van der Waals surface area (Å²) in [6, 6.07) is 14.1. The van der Waals surface area contributed by atoms with Gasteiger partial charge in [-0.15, -0.1) is 11.3 Å². The van der Waals surface area contributed by atoms with E-state index in [2.05, 4.69) is 10.8 Å². The number of thiazole rings is 1. The number of rotatable bonds is 5. The molecule has 5 rings (SSSR count). The van der Waals surface area contributed by atoms with Crippen molar-refractivity contribution in [1.29, 1.82) is 0 Å². The summed E-state index contributed by atoms with van der Waals surface area (Å²) in [5.41, 5.74) is 1.09. The maximum absolute atomic E-state index is 13.6.